The second-order valence-electron chi connectivity index (χ2n) is 6.32. The SMILES string of the molecule is Cc1ccc(Cl)cc1NC(=O)[C@H](C)OC(=O)CN1C(=O)CSc2ccccc21. The summed E-state index contributed by atoms with van der Waals surface area (Å²) in [5.74, 6) is -1.04. The molecule has 8 heteroatoms. The number of carbonyl (C=O) groups excluding carboxylic acids is 3. The maximum Gasteiger partial charge on any atom is 0.326 e. The zero-order valence-electron chi connectivity index (χ0n) is 15.4. The summed E-state index contributed by atoms with van der Waals surface area (Å²) >= 11 is 7.38. The van der Waals surface area contributed by atoms with Gasteiger partial charge in [0, 0.05) is 15.6 Å². The van der Waals surface area contributed by atoms with Crippen LogP contribution in [0.2, 0.25) is 5.02 Å². The van der Waals surface area contributed by atoms with Crippen LogP contribution < -0.4 is 10.2 Å². The summed E-state index contributed by atoms with van der Waals surface area (Å²) in [4.78, 5) is 39.2. The summed E-state index contributed by atoms with van der Waals surface area (Å²) in [6.07, 6.45) is -1.02. The molecule has 6 nitrogen and oxygen atoms in total. The van der Waals surface area contributed by atoms with Crippen molar-refractivity contribution in [3.63, 3.8) is 0 Å². The maximum absolute atomic E-state index is 12.4. The lowest BCUT2D eigenvalue weighted by Gasteiger charge is -2.28. The van der Waals surface area contributed by atoms with Crippen molar-refractivity contribution in [2.24, 2.45) is 0 Å². The molecular formula is C20H19ClN2O4S. The van der Waals surface area contributed by atoms with E-state index in [0.717, 1.165) is 10.5 Å². The molecule has 0 saturated carbocycles. The summed E-state index contributed by atoms with van der Waals surface area (Å²) in [7, 11) is 0. The number of aryl methyl sites for hydroxylation is 1. The Morgan fingerprint density at radius 1 is 1.29 bits per heavy atom. The van der Waals surface area contributed by atoms with E-state index in [9.17, 15) is 14.4 Å². The largest absolute Gasteiger partial charge is 0.451 e. The highest BCUT2D eigenvalue weighted by atomic mass is 35.5. The molecule has 0 spiro atoms. The Balaban J connectivity index is 1.62. The standard InChI is InChI=1S/C20H19ClN2O4S/c1-12-7-8-14(21)9-15(12)22-20(26)13(2)27-19(25)10-23-16-5-3-4-6-17(16)28-11-18(23)24/h3-9,13H,10-11H2,1-2H3,(H,22,26)/t13-/m0/s1. The van der Waals surface area contributed by atoms with E-state index in [0.29, 0.717) is 16.4 Å². The summed E-state index contributed by atoms with van der Waals surface area (Å²) in [6.45, 7) is 3.07. The quantitative estimate of drug-likeness (QED) is 0.750. The van der Waals surface area contributed by atoms with Crippen molar-refractivity contribution in [1.29, 1.82) is 0 Å². The molecule has 0 aliphatic carbocycles. The van der Waals surface area contributed by atoms with E-state index in [4.69, 9.17) is 16.3 Å². The average Bonchev–Trinajstić information content (AvgIpc) is 2.67. The Morgan fingerprint density at radius 3 is 2.82 bits per heavy atom. The Kier molecular flexibility index (Phi) is 6.26. The Morgan fingerprint density at radius 2 is 2.04 bits per heavy atom. The van der Waals surface area contributed by atoms with Gasteiger partial charge in [-0.25, -0.2) is 0 Å². The van der Waals surface area contributed by atoms with Crippen LogP contribution in [0.1, 0.15) is 12.5 Å². The molecule has 0 fully saturated rings. The second-order valence-corrected chi connectivity index (χ2v) is 7.77. The van der Waals surface area contributed by atoms with Gasteiger partial charge in [-0.2, -0.15) is 0 Å². The molecule has 0 bridgehead atoms. The van der Waals surface area contributed by atoms with Gasteiger partial charge in [-0.3, -0.25) is 19.3 Å². The number of ether oxygens (including phenoxy) is 1. The highest BCUT2D eigenvalue weighted by Crippen LogP contribution is 2.34. The third-order valence-electron chi connectivity index (χ3n) is 4.23. The number of nitrogens with zero attached hydrogens (tertiary/aromatic N) is 1. The first-order valence-corrected chi connectivity index (χ1v) is 10.00. The molecule has 0 aromatic heterocycles. The van der Waals surface area contributed by atoms with Crippen molar-refractivity contribution in [2.75, 3.05) is 22.5 Å². The van der Waals surface area contributed by atoms with Crippen LogP contribution in [0.4, 0.5) is 11.4 Å². The van der Waals surface area contributed by atoms with Crippen molar-refractivity contribution in [1.82, 2.24) is 0 Å². The van der Waals surface area contributed by atoms with Gasteiger partial charge < -0.3 is 10.1 Å². The van der Waals surface area contributed by atoms with Gasteiger partial charge in [0.1, 0.15) is 6.54 Å². The van der Waals surface area contributed by atoms with E-state index in [-0.39, 0.29) is 18.2 Å². The minimum Gasteiger partial charge on any atom is -0.451 e. The highest BCUT2D eigenvalue weighted by molar-refractivity contribution is 8.00. The predicted molar refractivity (Wildman–Crippen MR) is 110 cm³/mol. The van der Waals surface area contributed by atoms with Crippen LogP contribution in [0, 0.1) is 6.92 Å². The number of anilines is 2. The van der Waals surface area contributed by atoms with E-state index in [1.54, 1.807) is 30.3 Å². The molecule has 1 atom stereocenters. The number of esters is 1. The number of para-hydroxylation sites is 1. The number of amides is 2. The van der Waals surface area contributed by atoms with Crippen LogP contribution in [-0.2, 0) is 19.1 Å². The summed E-state index contributed by atoms with van der Waals surface area (Å²) in [6, 6.07) is 12.5. The number of benzene rings is 2. The van der Waals surface area contributed by atoms with Crippen molar-refractivity contribution < 1.29 is 19.1 Å². The first-order valence-electron chi connectivity index (χ1n) is 8.64. The number of nitrogens with one attached hydrogen (secondary N) is 1. The molecule has 3 rings (SSSR count). The van der Waals surface area contributed by atoms with E-state index >= 15 is 0 Å². The number of fused-ring (bicyclic) bond motifs is 1. The predicted octanol–water partition coefficient (Wildman–Crippen LogP) is 3.66. The fourth-order valence-corrected chi connectivity index (χ4v) is 3.82. The van der Waals surface area contributed by atoms with Gasteiger partial charge >= 0.3 is 5.97 Å². The second kappa shape index (κ2) is 8.67. The molecule has 146 valence electrons. The van der Waals surface area contributed by atoms with Crippen molar-refractivity contribution in [3.8, 4) is 0 Å². The fraction of sp³-hybridized carbons (Fsp3) is 0.250. The van der Waals surface area contributed by atoms with Crippen molar-refractivity contribution >= 4 is 52.5 Å². The first-order chi connectivity index (χ1) is 13.3. The molecule has 1 N–H and O–H groups in total. The molecule has 28 heavy (non-hydrogen) atoms. The van der Waals surface area contributed by atoms with E-state index in [2.05, 4.69) is 5.32 Å². The molecule has 1 aliphatic rings. The van der Waals surface area contributed by atoms with E-state index in [1.807, 2.05) is 19.1 Å². The molecule has 2 aromatic rings. The van der Waals surface area contributed by atoms with Crippen LogP contribution in [-0.4, -0.2) is 36.2 Å². The Bertz CT molecular complexity index is 934. The molecule has 2 amide bonds. The van der Waals surface area contributed by atoms with Gasteiger partial charge in [0.25, 0.3) is 5.91 Å². The number of halogens is 1. The van der Waals surface area contributed by atoms with Gasteiger partial charge in [0.2, 0.25) is 5.91 Å². The summed E-state index contributed by atoms with van der Waals surface area (Å²) < 4.78 is 5.24. The van der Waals surface area contributed by atoms with Crippen LogP contribution in [0.25, 0.3) is 0 Å². The molecule has 1 aliphatic heterocycles. The van der Waals surface area contributed by atoms with Gasteiger partial charge in [-0.1, -0.05) is 29.8 Å². The van der Waals surface area contributed by atoms with E-state index < -0.39 is 18.0 Å². The molecular weight excluding hydrogens is 400 g/mol. The Labute approximate surface area is 172 Å². The van der Waals surface area contributed by atoms with Crippen LogP contribution >= 0.6 is 23.4 Å². The minimum absolute atomic E-state index is 0.174. The maximum atomic E-state index is 12.4. The normalized spacial score (nSPS) is 14.2. The van der Waals surface area contributed by atoms with Gasteiger partial charge in [-0.05, 0) is 43.7 Å². The van der Waals surface area contributed by atoms with Crippen LogP contribution in [0.3, 0.4) is 0 Å². The minimum atomic E-state index is -1.02. The fourth-order valence-electron chi connectivity index (χ4n) is 2.71. The Hall–Kier alpha value is -2.51. The summed E-state index contributed by atoms with van der Waals surface area (Å²) in [5.41, 5.74) is 2.06. The highest BCUT2D eigenvalue weighted by Gasteiger charge is 2.28. The summed E-state index contributed by atoms with van der Waals surface area (Å²) in [5, 5.41) is 3.19. The topological polar surface area (TPSA) is 75.7 Å². The molecule has 0 saturated heterocycles. The van der Waals surface area contributed by atoms with Crippen LogP contribution in [0.5, 0.6) is 0 Å². The molecule has 1 heterocycles. The molecule has 0 radical (unpaired) electrons. The number of thioether (sulfide) groups is 1. The lowest BCUT2D eigenvalue weighted by molar-refractivity contribution is -0.152. The zero-order chi connectivity index (χ0) is 20.3. The average molecular weight is 419 g/mol. The number of rotatable bonds is 5. The van der Waals surface area contributed by atoms with Gasteiger partial charge in [0.15, 0.2) is 6.10 Å². The first kappa shape index (κ1) is 20.2. The third kappa shape index (κ3) is 4.66. The number of hydrogen-bond donors (Lipinski definition) is 1. The third-order valence-corrected chi connectivity index (χ3v) is 5.51. The molecule has 2 aromatic carbocycles. The lowest BCUT2D eigenvalue weighted by Crippen LogP contribution is -2.41. The number of carbonyl (C=O) groups is 3. The number of hydrogen-bond acceptors (Lipinski definition) is 5. The molecule has 0 unspecified atom stereocenters. The zero-order valence-corrected chi connectivity index (χ0v) is 17.0. The smallest absolute Gasteiger partial charge is 0.326 e. The van der Waals surface area contributed by atoms with Gasteiger partial charge in [-0.15, -0.1) is 11.8 Å². The van der Waals surface area contributed by atoms with Crippen molar-refractivity contribution in [3.05, 3.63) is 53.1 Å². The van der Waals surface area contributed by atoms with Crippen molar-refractivity contribution in [2.45, 2.75) is 24.8 Å². The van der Waals surface area contributed by atoms with Gasteiger partial charge in [0.05, 0.1) is 11.4 Å². The monoisotopic (exact) mass is 418 g/mol. The van der Waals surface area contributed by atoms with E-state index in [1.165, 1.54) is 23.6 Å². The van der Waals surface area contributed by atoms with Crippen LogP contribution in [0.15, 0.2) is 47.4 Å². The lowest BCUT2D eigenvalue weighted by atomic mass is 10.2.